The molecule has 0 aliphatic rings. The molecule has 8 heteroatoms. The van der Waals surface area contributed by atoms with Crippen molar-refractivity contribution in [3.8, 4) is 11.5 Å². The largest absolute Gasteiger partial charge is 0.449 e. The van der Waals surface area contributed by atoms with Gasteiger partial charge in [0.15, 0.2) is 0 Å². The molecule has 2 aromatic rings. The van der Waals surface area contributed by atoms with Gasteiger partial charge in [0.2, 0.25) is 5.75 Å². The number of benzene rings is 2. The van der Waals surface area contributed by atoms with Crippen LogP contribution in [0.5, 0.6) is 11.5 Å². The first-order valence-corrected chi connectivity index (χ1v) is 6.43. The number of ether oxygens (including phenoxy) is 1. The Hall–Kier alpha value is -2.48. The molecule has 0 spiro atoms. The highest BCUT2D eigenvalue weighted by atomic mass is 79.9. The van der Waals surface area contributed by atoms with Gasteiger partial charge in [0.1, 0.15) is 17.4 Å². The first kappa shape index (κ1) is 14.9. The van der Waals surface area contributed by atoms with Crippen molar-refractivity contribution in [3.05, 3.63) is 62.4 Å². The Morgan fingerprint density at radius 3 is 2.57 bits per heavy atom. The molecule has 0 bridgehead atoms. The van der Waals surface area contributed by atoms with E-state index in [1.165, 1.54) is 18.2 Å². The summed E-state index contributed by atoms with van der Waals surface area (Å²) in [6.07, 6.45) is 0. The smallest absolute Gasteiger partial charge is 0.312 e. The maximum Gasteiger partial charge on any atom is 0.312 e. The van der Waals surface area contributed by atoms with E-state index in [4.69, 9.17) is 15.9 Å². The molecular weight excluding hydrogens is 345 g/mol. The standard InChI is InChI=1S/C13H9BrFN3O3/c14-7-1-3-12(10(5-7)18(19)20)21-11-4-2-8(15)6-9(11)13(16)17/h1-6H,(H3,16,17). The Kier molecular flexibility index (Phi) is 4.18. The van der Waals surface area contributed by atoms with E-state index in [-0.39, 0.29) is 22.7 Å². The van der Waals surface area contributed by atoms with Gasteiger partial charge < -0.3 is 10.5 Å². The minimum absolute atomic E-state index is 0.0206. The summed E-state index contributed by atoms with van der Waals surface area (Å²) in [5.41, 5.74) is 5.11. The molecule has 0 heterocycles. The topological polar surface area (TPSA) is 102 Å². The Morgan fingerprint density at radius 2 is 1.95 bits per heavy atom. The second-order valence-corrected chi connectivity index (χ2v) is 4.94. The van der Waals surface area contributed by atoms with Gasteiger partial charge in [0.05, 0.1) is 10.5 Å². The Morgan fingerprint density at radius 1 is 1.29 bits per heavy atom. The molecule has 0 saturated heterocycles. The van der Waals surface area contributed by atoms with E-state index >= 15 is 0 Å². The summed E-state index contributed by atoms with van der Waals surface area (Å²) >= 11 is 3.13. The molecule has 0 fully saturated rings. The van der Waals surface area contributed by atoms with Crippen LogP contribution in [0.4, 0.5) is 10.1 Å². The molecule has 0 unspecified atom stereocenters. The lowest BCUT2D eigenvalue weighted by Gasteiger charge is -2.10. The lowest BCUT2D eigenvalue weighted by atomic mass is 10.2. The molecule has 2 rings (SSSR count). The lowest BCUT2D eigenvalue weighted by Crippen LogP contribution is -2.12. The maximum atomic E-state index is 13.2. The summed E-state index contributed by atoms with van der Waals surface area (Å²) in [5.74, 6) is -0.950. The molecule has 0 aliphatic carbocycles. The molecule has 3 N–H and O–H groups in total. The Balaban J connectivity index is 2.48. The van der Waals surface area contributed by atoms with Gasteiger partial charge in [-0.2, -0.15) is 0 Å². The van der Waals surface area contributed by atoms with Crippen LogP contribution in [-0.2, 0) is 0 Å². The summed E-state index contributed by atoms with van der Waals surface area (Å²) < 4.78 is 19.1. The van der Waals surface area contributed by atoms with Crippen molar-refractivity contribution < 1.29 is 14.1 Å². The van der Waals surface area contributed by atoms with Crippen LogP contribution in [0.3, 0.4) is 0 Å². The van der Waals surface area contributed by atoms with Crippen molar-refractivity contribution in [2.75, 3.05) is 0 Å². The van der Waals surface area contributed by atoms with Gasteiger partial charge in [-0.05, 0) is 30.3 Å². The minimum Gasteiger partial charge on any atom is -0.449 e. The molecule has 6 nitrogen and oxygen atoms in total. The Labute approximate surface area is 127 Å². The van der Waals surface area contributed by atoms with E-state index in [1.54, 1.807) is 6.07 Å². The molecule has 21 heavy (non-hydrogen) atoms. The maximum absolute atomic E-state index is 13.2. The van der Waals surface area contributed by atoms with E-state index in [0.717, 1.165) is 12.1 Å². The number of nitro groups is 1. The summed E-state index contributed by atoms with van der Waals surface area (Å²) in [7, 11) is 0. The van der Waals surface area contributed by atoms with E-state index < -0.39 is 16.6 Å². The third-order valence-electron chi connectivity index (χ3n) is 2.57. The van der Waals surface area contributed by atoms with E-state index in [2.05, 4.69) is 15.9 Å². The summed E-state index contributed by atoms with van der Waals surface area (Å²) in [6, 6.07) is 7.66. The van der Waals surface area contributed by atoms with Crippen LogP contribution in [-0.4, -0.2) is 10.8 Å². The zero-order valence-corrected chi connectivity index (χ0v) is 12.1. The number of hydrogen-bond acceptors (Lipinski definition) is 4. The third-order valence-corrected chi connectivity index (χ3v) is 3.06. The molecule has 0 saturated carbocycles. The highest BCUT2D eigenvalue weighted by Gasteiger charge is 2.18. The van der Waals surface area contributed by atoms with Crippen molar-refractivity contribution >= 4 is 27.5 Å². The van der Waals surface area contributed by atoms with Crippen LogP contribution in [0, 0.1) is 21.3 Å². The predicted molar refractivity (Wildman–Crippen MR) is 78.3 cm³/mol. The van der Waals surface area contributed by atoms with Crippen molar-refractivity contribution in [1.29, 1.82) is 5.41 Å². The average Bonchev–Trinajstić information content (AvgIpc) is 2.42. The van der Waals surface area contributed by atoms with E-state index in [9.17, 15) is 14.5 Å². The van der Waals surface area contributed by atoms with Gasteiger partial charge in [0, 0.05) is 10.5 Å². The van der Waals surface area contributed by atoms with Crippen molar-refractivity contribution in [3.63, 3.8) is 0 Å². The van der Waals surface area contributed by atoms with E-state index in [1.807, 2.05) is 0 Å². The van der Waals surface area contributed by atoms with Crippen molar-refractivity contribution in [2.45, 2.75) is 0 Å². The molecule has 108 valence electrons. The number of halogens is 2. The zero-order valence-electron chi connectivity index (χ0n) is 10.5. The number of nitro benzene ring substituents is 1. The van der Waals surface area contributed by atoms with Crippen LogP contribution in [0.15, 0.2) is 40.9 Å². The van der Waals surface area contributed by atoms with Gasteiger partial charge in [-0.1, -0.05) is 15.9 Å². The fourth-order valence-electron chi connectivity index (χ4n) is 1.64. The second-order valence-electron chi connectivity index (χ2n) is 4.03. The van der Waals surface area contributed by atoms with Gasteiger partial charge in [-0.15, -0.1) is 0 Å². The molecule has 0 aliphatic heterocycles. The first-order valence-electron chi connectivity index (χ1n) is 5.64. The predicted octanol–water partition coefficient (Wildman–Crippen LogP) is 3.57. The fourth-order valence-corrected chi connectivity index (χ4v) is 1.99. The quantitative estimate of drug-likeness (QED) is 0.379. The monoisotopic (exact) mass is 353 g/mol. The summed E-state index contributed by atoms with van der Waals surface area (Å²) in [6.45, 7) is 0. The number of nitrogens with one attached hydrogen (secondary N) is 1. The van der Waals surface area contributed by atoms with Gasteiger partial charge in [-0.3, -0.25) is 15.5 Å². The van der Waals surface area contributed by atoms with Gasteiger partial charge >= 0.3 is 5.69 Å². The number of amidine groups is 1. The zero-order chi connectivity index (χ0) is 15.6. The number of rotatable bonds is 4. The molecule has 0 atom stereocenters. The molecule has 2 aromatic carbocycles. The number of hydrogen-bond donors (Lipinski definition) is 2. The first-order chi connectivity index (χ1) is 9.88. The second kappa shape index (κ2) is 5.88. The highest BCUT2D eigenvalue weighted by molar-refractivity contribution is 9.10. The summed E-state index contributed by atoms with van der Waals surface area (Å²) in [5, 5.41) is 18.4. The third kappa shape index (κ3) is 3.34. The van der Waals surface area contributed by atoms with Crippen LogP contribution in [0.1, 0.15) is 5.56 Å². The molecule has 0 aromatic heterocycles. The summed E-state index contributed by atoms with van der Waals surface area (Å²) in [4.78, 5) is 10.4. The minimum atomic E-state index is -0.600. The number of nitrogens with zero attached hydrogens (tertiary/aromatic N) is 1. The van der Waals surface area contributed by atoms with Crippen LogP contribution >= 0.6 is 15.9 Å². The van der Waals surface area contributed by atoms with Crippen molar-refractivity contribution in [2.24, 2.45) is 5.73 Å². The highest BCUT2D eigenvalue weighted by Crippen LogP contribution is 2.35. The number of nitrogen functional groups attached to an aromatic ring is 1. The molecule has 0 radical (unpaired) electrons. The fraction of sp³-hybridized carbons (Fsp3) is 0. The van der Waals surface area contributed by atoms with Gasteiger partial charge in [0.25, 0.3) is 0 Å². The van der Waals surface area contributed by atoms with Crippen LogP contribution < -0.4 is 10.5 Å². The normalized spacial score (nSPS) is 10.2. The molecular formula is C13H9BrFN3O3. The average molecular weight is 354 g/mol. The van der Waals surface area contributed by atoms with Gasteiger partial charge in [-0.25, -0.2) is 4.39 Å². The molecule has 0 amide bonds. The van der Waals surface area contributed by atoms with Crippen LogP contribution in [0.25, 0.3) is 0 Å². The van der Waals surface area contributed by atoms with Crippen LogP contribution in [0.2, 0.25) is 0 Å². The van der Waals surface area contributed by atoms with E-state index in [0.29, 0.717) is 4.47 Å². The Bertz CT molecular complexity index is 675. The van der Waals surface area contributed by atoms with Crippen molar-refractivity contribution in [1.82, 2.24) is 0 Å². The number of nitrogens with two attached hydrogens (primary N) is 1. The SMILES string of the molecule is N=C(N)c1cc(F)ccc1Oc1ccc(Br)cc1[N+](=O)[O-]. The lowest BCUT2D eigenvalue weighted by molar-refractivity contribution is -0.385.